The van der Waals surface area contributed by atoms with E-state index in [4.69, 9.17) is 10.9 Å². The summed E-state index contributed by atoms with van der Waals surface area (Å²) in [5.41, 5.74) is 5.82. The summed E-state index contributed by atoms with van der Waals surface area (Å²) >= 11 is 0. The third-order valence-corrected chi connectivity index (χ3v) is 3.04. The lowest BCUT2D eigenvalue weighted by molar-refractivity contribution is 0.0767. The molecule has 2 rings (SSSR count). The minimum atomic E-state index is -0.458. The molecule has 0 aliphatic carbocycles. The topological polar surface area (TPSA) is 78.9 Å². The van der Waals surface area contributed by atoms with Crippen molar-refractivity contribution in [3.63, 3.8) is 0 Å². The lowest BCUT2D eigenvalue weighted by atomic mass is 10.1. The monoisotopic (exact) mass is 251 g/mol. The second-order valence-corrected chi connectivity index (χ2v) is 4.19. The number of nitrogens with two attached hydrogens (primary N) is 1. The Morgan fingerprint density at radius 3 is 3.00 bits per heavy atom. The molecule has 1 atom stereocenters. The minimum absolute atomic E-state index is 0.0113. The number of amides is 1. The second kappa shape index (κ2) is 5.03. The molecule has 1 aromatic rings. The number of likely N-dealkylation sites (tertiary alicyclic amines) is 1. The van der Waals surface area contributed by atoms with Crippen molar-refractivity contribution in [3.05, 3.63) is 35.6 Å². The van der Waals surface area contributed by atoms with Crippen molar-refractivity contribution in [2.75, 3.05) is 6.54 Å². The van der Waals surface area contributed by atoms with E-state index in [1.54, 1.807) is 6.07 Å². The van der Waals surface area contributed by atoms with Crippen LogP contribution in [0.15, 0.2) is 29.4 Å². The molecule has 5 nitrogen and oxygen atoms in total. The van der Waals surface area contributed by atoms with E-state index in [2.05, 4.69) is 5.16 Å². The van der Waals surface area contributed by atoms with Gasteiger partial charge >= 0.3 is 0 Å². The van der Waals surface area contributed by atoms with E-state index in [1.807, 2.05) is 0 Å². The summed E-state index contributed by atoms with van der Waals surface area (Å²) in [4.78, 5) is 13.7. The van der Waals surface area contributed by atoms with Crippen molar-refractivity contribution in [3.8, 4) is 0 Å². The summed E-state index contributed by atoms with van der Waals surface area (Å²) in [7, 11) is 0. The Kier molecular flexibility index (Phi) is 3.45. The van der Waals surface area contributed by atoms with Crippen molar-refractivity contribution >= 4 is 11.7 Å². The van der Waals surface area contributed by atoms with Crippen LogP contribution in [0.5, 0.6) is 0 Å². The van der Waals surface area contributed by atoms with Crippen LogP contribution >= 0.6 is 0 Å². The Bertz CT molecular complexity index is 490. The van der Waals surface area contributed by atoms with E-state index in [0.717, 1.165) is 6.42 Å². The third-order valence-electron chi connectivity index (χ3n) is 3.04. The highest BCUT2D eigenvalue weighted by molar-refractivity contribution is 5.98. The molecule has 1 amide bonds. The average molecular weight is 251 g/mol. The second-order valence-electron chi connectivity index (χ2n) is 4.19. The summed E-state index contributed by atoms with van der Waals surface area (Å²) in [6.07, 6.45) is 1.43. The molecule has 1 unspecified atom stereocenters. The molecule has 6 heteroatoms. The van der Waals surface area contributed by atoms with Gasteiger partial charge in [-0.2, -0.15) is 0 Å². The summed E-state index contributed by atoms with van der Waals surface area (Å²) in [5.74, 6) is -0.749. The number of nitrogens with zero attached hydrogens (tertiary/aromatic N) is 2. The molecular weight excluding hydrogens is 237 g/mol. The van der Waals surface area contributed by atoms with Crippen LogP contribution in [-0.2, 0) is 0 Å². The highest BCUT2D eigenvalue weighted by atomic mass is 19.1. The van der Waals surface area contributed by atoms with Crippen LogP contribution in [0.3, 0.4) is 0 Å². The van der Waals surface area contributed by atoms with E-state index < -0.39 is 11.9 Å². The van der Waals surface area contributed by atoms with Crippen molar-refractivity contribution in [2.24, 2.45) is 10.9 Å². The van der Waals surface area contributed by atoms with Gasteiger partial charge in [-0.1, -0.05) is 11.2 Å². The largest absolute Gasteiger partial charge is 0.409 e. The fourth-order valence-corrected chi connectivity index (χ4v) is 2.17. The maximum Gasteiger partial charge on any atom is 0.254 e. The van der Waals surface area contributed by atoms with E-state index in [-0.39, 0.29) is 17.3 Å². The van der Waals surface area contributed by atoms with Crippen LogP contribution in [0.4, 0.5) is 4.39 Å². The molecule has 18 heavy (non-hydrogen) atoms. The number of benzene rings is 1. The van der Waals surface area contributed by atoms with Gasteiger partial charge in [0.05, 0.1) is 6.04 Å². The summed E-state index contributed by atoms with van der Waals surface area (Å²) < 4.78 is 13.1. The average Bonchev–Trinajstić information content (AvgIpc) is 2.86. The normalized spacial score (nSPS) is 20.2. The first kappa shape index (κ1) is 12.3. The predicted molar refractivity (Wildman–Crippen MR) is 63.9 cm³/mol. The standard InChI is InChI=1S/C12H14FN3O2/c13-9-4-1-3-8(7-9)12(17)16-6-2-5-10(16)11(14)15-18/h1,3-4,7,10,18H,2,5-6H2,(H2,14,15). The smallest absolute Gasteiger partial charge is 0.254 e. The molecule has 0 bridgehead atoms. The molecule has 96 valence electrons. The van der Waals surface area contributed by atoms with E-state index >= 15 is 0 Å². The van der Waals surface area contributed by atoms with Crippen LogP contribution in [0.25, 0.3) is 0 Å². The van der Waals surface area contributed by atoms with Gasteiger partial charge in [0.2, 0.25) is 0 Å². The molecule has 1 aliphatic heterocycles. The number of oxime groups is 1. The van der Waals surface area contributed by atoms with Gasteiger partial charge in [0.15, 0.2) is 5.84 Å². The first-order valence-electron chi connectivity index (χ1n) is 5.67. The molecule has 1 aliphatic rings. The molecule has 1 heterocycles. The van der Waals surface area contributed by atoms with Crippen molar-refractivity contribution in [2.45, 2.75) is 18.9 Å². The van der Waals surface area contributed by atoms with Gasteiger partial charge in [-0.05, 0) is 31.0 Å². The van der Waals surface area contributed by atoms with Crippen LogP contribution in [0.2, 0.25) is 0 Å². The fourth-order valence-electron chi connectivity index (χ4n) is 2.17. The Hall–Kier alpha value is -2.11. The van der Waals surface area contributed by atoms with Crippen LogP contribution in [-0.4, -0.2) is 34.4 Å². The first-order valence-corrected chi connectivity index (χ1v) is 5.67. The van der Waals surface area contributed by atoms with Crippen LogP contribution < -0.4 is 5.73 Å². The maximum absolute atomic E-state index is 13.1. The Morgan fingerprint density at radius 1 is 1.56 bits per heavy atom. The maximum atomic E-state index is 13.1. The highest BCUT2D eigenvalue weighted by Crippen LogP contribution is 2.20. The number of rotatable bonds is 2. The molecule has 0 saturated carbocycles. The van der Waals surface area contributed by atoms with Gasteiger partial charge in [0.1, 0.15) is 5.82 Å². The summed E-state index contributed by atoms with van der Waals surface area (Å²) in [6, 6.07) is 5.08. The van der Waals surface area contributed by atoms with Crippen molar-refractivity contribution in [1.82, 2.24) is 4.90 Å². The molecule has 3 N–H and O–H groups in total. The van der Waals surface area contributed by atoms with E-state index in [1.165, 1.54) is 23.1 Å². The quantitative estimate of drug-likeness (QED) is 0.358. The molecule has 0 spiro atoms. The molecule has 1 saturated heterocycles. The zero-order valence-corrected chi connectivity index (χ0v) is 9.71. The number of hydrogen-bond donors (Lipinski definition) is 2. The lowest BCUT2D eigenvalue weighted by Gasteiger charge is -2.23. The lowest BCUT2D eigenvalue weighted by Crippen LogP contribution is -2.43. The summed E-state index contributed by atoms with van der Waals surface area (Å²) in [5, 5.41) is 11.6. The summed E-state index contributed by atoms with van der Waals surface area (Å²) in [6.45, 7) is 0.524. The SMILES string of the molecule is NC(=NO)C1CCCN1C(=O)c1cccc(F)c1. The van der Waals surface area contributed by atoms with E-state index in [0.29, 0.717) is 13.0 Å². The van der Waals surface area contributed by atoms with Gasteiger partial charge in [0.25, 0.3) is 5.91 Å². The number of carbonyl (C=O) groups excluding carboxylic acids is 1. The van der Waals surface area contributed by atoms with Crippen LogP contribution in [0.1, 0.15) is 23.2 Å². The predicted octanol–water partition coefficient (Wildman–Crippen LogP) is 1.18. The van der Waals surface area contributed by atoms with Crippen molar-refractivity contribution in [1.29, 1.82) is 0 Å². The zero-order valence-electron chi connectivity index (χ0n) is 9.71. The van der Waals surface area contributed by atoms with Crippen LogP contribution in [0, 0.1) is 5.82 Å². The molecule has 1 fully saturated rings. The fraction of sp³-hybridized carbons (Fsp3) is 0.333. The van der Waals surface area contributed by atoms with Crippen molar-refractivity contribution < 1.29 is 14.4 Å². The number of carbonyl (C=O) groups is 1. The Labute approximate surface area is 104 Å². The number of halogens is 1. The van der Waals surface area contributed by atoms with Gasteiger partial charge < -0.3 is 15.8 Å². The molecule has 1 aromatic carbocycles. The minimum Gasteiger partial charge on any atom is -0.409 e. The first-order chi connectivity index (χ1) is 8.63. The molecular formula is C12H14FN3O2. The number of hydrogen-bond acceptors (Lipinski definition) is 3. The van der Waals surface area contributed by atoms with Gasteiger partial charge in [-0.25, -0.2) is 4.39 Å². The van der Waals surface area contributed by atoms with Gasteiger partial charge in [-0.15, -0.1) is 0 Å². The molecule has 0 radical (unpaired) electrons. The van der Waals surface area contributed by atoms with Gasteiger partial charge in [-0.3, -0.25) is 4.79 Å². The molecule has 0 aromatic heterocycles. The van der Waals surface area contributed by atoms with Gasteiger partial charge in [0, 0.05) is 12.1 Å². The Balaban J connectivity index is 2.23. The highest BCUT2D eigenvalue weighted by Gasteiger charge is 2.32. The zero-order chi connectivity index (χ0) is 13.1. The Morgan fingerprint density at radius 2 is 2.33 bits per heavy atom. The number of amidine groups is 1. The third kappa shape index (κ3) is 2.27. The van der Waals surface area contributed by atoms with E-state index in [9.17, 15) is 9.18 Å².